The van der Waals surface area contributed by atoms with E-state index in [9.17, 15) is 14.4 Å². The molecule has 4 heterocycles. The van der Waals surface area contributed by atoms with E-state index in [0.29, 0.717) is 44.2 Å². The maximum absolute atomic E-state index is 12.4. The van der Waals surface area contributed by atoms with Crippen molar-refractivity contribution in [1.29, 1.82) is 0 Å². The highest BCUT2D eigenvalue weighted by atomic mass is 16.6. The lowest BCUT2D eigenvalue weighted by atomic mass is 10.2. The minimum absolute atomic E-state index is 0.107. The number of aromatic nitrogens is 1. The predicted molar refractivity (Wildman–Crippen MR) is 107 cm³/mol. The Labute approximate surface area is 173 Å². The summed E-state index contributed by atoms with van der Waals surface area (Å²) in [5.41, 5.74) is 0.640. The van der Waals surface area contributed by atoms with Crippen molar-refractivity contribution in [2.24, 2.45) is 0 Å². The number of nitrogens with zero attached hydrogens (tertiary/aromatic N) is 4. The first-order valence-electron chi connectivity index (χ1n) is 9.77. The highest BCUT2D eigenvalue weighted by molar-refractivity contribution is 5.91. The van der Waals surface area contributed by atoms with Gasteiger partial charge in [0.2, 0.25) is 5.91 Å². The molecule has 2 aromatic heterocycles. The molecular formula is C20H23N5O5. The highest BCUT2D eigenvalue weighted by Crippen LogP contribution is 2.23. The van der Waals surface area contributed by atoms with Crippen molar-refractivity contribution in [3.05, 3.63) is 42.5 Å². The first kappa shape index (κ1) is 19.7. The minimum atomic E-state index is -0.454. The molecule has 0 aromatic carbocycles. The fourth-order valence-corrected chi connectivity index (χ4v) is 3.52. The van der Waals surface area contributed by atoms with Gasteiger partial charge in [0, 0.05) is 33.1 Å². The second-order valence-corrected chi connectivity index (χ2v) is 7.18. The van der Waals surface area contributed by atoms with Crippen molar-refractivity contribution in [2.45, 2.75) is 13.0 Å². The Morgan fingerprint density at radius 1 is 1.20 bits per heavy atom. The number of hydrogen-bond acceptors (Lipinski definition) is 7. The normalized spacial score (nSPS) is 19.0. The summed E-state index contributed by atoms with van der Waals surface area (Å²) >= 11 is 0. The highest BCUT2D eigenvalue weighted by Gasteiger charge is 2.32. The van der Waals surface area contributed by atoms with Gasteiger partial charge < -0.3 is 24.3 Å². The van der Waals surface area contributed by atoms with Crippen LogP contribution in [0, 0.1) is 0 Å². The molecule has 2 aromatic rings. The quantitative estimate of drug-likeness (QED) is 0.782. The molecule has 1 N–H and O–H groups in total. The lowest BCUT2D eigenvalue weighted by molar-refractivity contribution is -0.119. The van der Waals surface area contributed by atoms with E-state index in [1.807, 2.05) is 12.1 Å². The van der Waals surface area contributed by atoms with Crippen LogP contribution in [-0.4, -0.2) is 73.2 Å². The van der Waals surface area contributed by atoms with Crippen molar-refractivity contribution in [2.75, 3.05) is 49.1 Å². The summed E-state index contributed by atoms with van der Waals surface area (Å²) in [7, 11) is 0. The van der Waals surface area contributed by atoms with Crippen LogP contribution in [0.3, 0.4) is 0 Å². The molecule has 2 aliphatic rings. The van der Waals surface area contributed by atoms with Gasteiger partial charge in [-0.3, -0.25) is 14.5 Å². The van der Waals surface area contributed by atoms with Gasteiger partial charge in [0.05, 0.1) is 31.2 Å². The van der Waals surface area contributed by atoms with Crippen molar-refractivity contribution < 1.29 is 23.5 Å². The fraction of sp³-hybridized carbons (Fsp3) is 0.400. The summed E-state index contributed by atoms with van der Waals surface area (Å²) in [4.78, 5) is 45.4. The second kappa shape index (κ2) is 8.44. The van der Waals surface area contributed by atoms with Crippen LogP contribution in [0.15, 0.2) is 41.1 Å². The number of pyridine rings is 1. The number of amides is 3. The Hall–Kier alpha value is -3.56. The van der Waals surface area contributed by atoms with Crippen molar-refractivity contribution in [3.8, 4) is 0 Å². The average Bonchev–Trinajstić information content (AvgIpc) is 3.42. The molecule has 1 atom stereocenters. The number of carbonyl (C=O) groups is 3. The van der Waals surface area contributed by atoms with Gasteiger partial charge in [0.25, 0.3) is 5.91 Å². The summed E-state index contributed by atoms with van der Waals surface area (Å²) < 4.78 is 10.5. The van der Waals surface area contributed by atoms with E-state index in [1.165, 1.54) is 18.1 Å². The zero-order valence-electron chi connectivity index (χ0n) is 16.6. The van der Waals surface area contributed by atoms with E-state index in [1.54, 1.807) is 23.2 Å². The van der Waals surface area contributed by atoms with Crippen LogP contribution in [0.4, 0.5) is 16.3 Å². The molecule has 4 rings (SSSR count). The van der Waals surface area contributed by atoms with E-state index in [2.05, 4.69) is 15.2 Å². The number of piperazine rings is 1. The van der Waals surface area contributed by atoms with Crippen LogP contribution < -0.4 is 15.1 Å². The molecule has 158 valence electrons. The molecule has 10 heteroatoms. The molecule has 2 saturated heterocycles. The molecular weight excluding hydrogens is 390 g/mol. The number of nitrogens with one attached hydrogen (secondary N) is 1. The van der Waals surface area contributed by atoms with Gasteiger partial charge in [-0.1, -0.05) is 0 Å². The Bertz CT molecular complexity index is 906. The molecule has 10 nitrogen and oxygen atoms in total. The predicted octanol–water partition coefficient (Wildman–Crippen LogP) is 1.10. The number of rotatable bonds is 5. The van der Waals surface area contributed by atoms with Crippen LogP contribution in [0.5, 0.6) is 0 Å². The van der Waals surface area contributed by atoms with E-state index in [-0.39, 0.29) is 24.5 Å². The minimum Gasteiger partial charge on any atom is -0.459 e. The van der Waals surface area contributed by atoms with E-state index in [4.69, 9.17) is 9.15 Å². The first-order valence-corrected chi connectivity index (χ1v) is 9.77. The standard InChI is InChI=1S/C20H23N5O5/c1-14(26)21-12-16-13-25(20(28)30-16)15-4-5-18(22-11-15)23-6-8-24(9-7-23)19(27)17-3-2-10-29-17/h2-5,10-11,16H,6-9,12-13H2,1H3,(H,21,26)/t16-/m0/s1. The van der Waals surface area contributed by atoms with Crippen LogP contribution in [0.1, 0.15) is 17.5 Å². The topological polar surface area (TPSA) is 108 Å². The number of anilines is 2. The number of hydrogen-bond donors (Lipinski definition) is 1. The van der Waals surface area contributed by atoms with Gasteiger partial charge in [-0.2, -0.15) is 0 Å². The van der Waals surface area contributed by atoms with E-state index in [0.717, 1.165) is 5.82 Å². The van der Waals surface area contributed by atoms with Crippen molar-refractivity contribution in [1.82, 2.24) is 15.2 Å². The molecule has 0 spiro atoms. The van der Waals surface area contributed by atoms with E-state index >= 15 is 0 Å². The Morgan fingerprint density at radius 2 is 2.00 bits per heavy atom. The monoisotopic (exact) mass is 413 g/mol. The largest absolute Gasteiger partial charge is 0.459 e. The second-order valence-electron chi connectivity index (χ2n) is 7.18. The number of carbonyl (C=O) groups excluding carboxylic acids is 3. The summed E-state index contributed by atoms with van der Waals surface area (Å²) in [6.07, 6.45) is 2.29. The Kier molecular flexibility index (Phi) is 5.55. The zero-order valence-corrected chi connectivity index (χ0v) is 16.6. The molecule has 0 unspecified atom stereocenters. The summed E-state index contributed by atoms with van der Waals surface area (Å²) in [6, 6.07) is 7.05. The SMILES string of the molecule is CC(=O)NC[C@H]1CN(c2ccc(N3CCN(C(=O)c4ccco4)CC3)nc2)C(=O)O1. The third kappa shape index (κ3) is 4.22. The van der Waals surface area contributed by atoms with E-state index < -0.39 is 6.09 Å². The van der Waals surface area contributed by atoms with Crippen molar-refractivity contribution in [3.63, 3.8) is 0 Å². The average molecular weight is 413 g/mol. The first-order chi connectivity index (χ1) is 14.5. The molecule has 0 aliphatic carbocycles. The van der Waals surface area contributed by atoms with Crippen LogP contribution in [-0.2, 0) is 9.53 Å². The van der Waals surface area contributed by atoms with Crippen LogP contribution >= 0.6 is 0 Å². The third-order valence-corrected chi connectivity index (χ3v) is 5.12. The maximum atomic E-state index is 12.4. The zero-order chi connectivity index (χ0) is 21.1. The van der Waals surface area contributed by atoms with Crippen LogP contribution in [0.25, 0.3) is 0 Å². The van der Waals surface area contributed by atoms with Gasteiger partial charge >= 0.3 is 6.09 Å². The van der Waals surface area contributed by atoms with Gasteiger partial charge in [0.15, 0.2) is 5.76 Å². The summed E-state index contributed by atoms with van der Waals surface area (Å²) in [5.74, 6) is 0.859. The molecule has 0 bridgehead atoms. The Morgan fingerprint density at radius 3 is 2.63 bits per heavy atom. The molecule has 30 heavy (non-hydrogen) atoms. The van der Waals surface area contributed by atoms with Crippen molar-refractivity contribution >= 4 is 29.4 Å². The number of ether oxygens (including phenoxy) is 1. The van der Waals surface area contributed by atoms with Gasteiger partial charge in [-0.05, 0) is 24.3 Å². The fourth-order valence-electron chi connectivity index (χ4n) is 3.52. The lowest BCUT2D eigenvalue weighted by Crippen LogP contribution is -2.49. The van der Waals surface area contributed by atoms with Gasteiger partial charge in [-0.15, -0.1) is 0 Å². The maximum Gasteiger partial charge on any atom is 0.414 e. The molecule has 2 aliphatic heterocycles. The lowest BCUT2D eigenvalue weighted by Gasteiger charge is -2.35. The third-order valence-electron chi connectivity index (χ3n) is 5.12. The van der Waals surface area contributed by atoms with Gasteiger partial charge in [0.1, 0.15) is 11.9 Å². The Balaban J connectivity index is 1.33. The summed E-state index contributed by atoms with van der Waals surface area (Å²) in [5, 5.41) is 2.65. The molecule has 0 saturated carbocycles. The van der Waals surface area contributed by atoms with Crippen LogP contribution in [0.2, 0.25) is 0 Å². The molecule has 3 amide bonds. The molecule has 0 radical (unpaired) electrons. The number of cyclic esters (lactones) is 1. The van der Waals surface area contributed by atoms with Gasteiger partial charge in [-0.25, -0.2) is 9.78 Å². The number of furan rings is 1. The molecule has 2 fully saturated rings. The smallest absolute Gasteiger partial charge is 0.414 e. The summed E-state index contributed by atoms with van der Waals surface area (Å²) in [6.45, 7) is 4.52.